The van der Waals surface area contributed by atoms with Crippen LogP contribution in [0.5, 0.6) is 0 Å². The van der Waals surface area contributed by atoms with Crippen LogP contribution in [0.3, 0.4) is 0 Å². The third kappa shape index (κ3) is 3.51. The Balaban J connectivity index is 0.00000196. The van der Waals surface area contributed by atoms with Gasteiger partial charge in [-0.25, -0.2) is 0 Å². The molecule has 0 heterocycles. The fraction of sp³-hybridized carbons (Fsp3) is 0.300. The van der Waals surface area contributed by atoms with Crippen LogP contribution in [0.25, 0.3) is 0 Å². The monoisotopic (exact) mass is 231 g/mol. The number of hydrogen-bond acceptors (Lipinski definition) is 4. The molecule has 4 nitrogen and oxygen atoms in total. The van der Waals surface area contributed by atoms with Crippen molar-refractivity contribution < 1.29 is 14.6 Å². The lowest BCUT2D eigenvalue weighted by Gasteiger charge is -2.16. The normalized spacial score (nSPS) is 13.5. The van der Waals surface area contributed by atoms with Gasteiger partial charge in [0.25, 0.3) is 0 Å². The van der Waals surface area contributed by atoms with Gasteiger partial charge >= 0.3 is 5.97 Å². The van der Waals surface area contributed by atoms with Crippen molar-refractivity contribution in [3.05, 3.63) is 35.9 Å². The van der Waals surface area contributed by atoms with Crippen molar-refractivity contribution in [3.8, 4) is 0 Å². The Hall–Kier alpha value is -1.10. The summed E-state index contributed by atoms with van der Waals surface area (Å²) in [5.74, 6) is -0.624. The summed E-state index contributed by atoms with van der Waals surface area (Å²) in [5, 5.41) is 9.66. The highest BCUT2D eigenvalue weighted by atomic mass is 35.5. The third-order valence-electron chi connectivity index (χ3n) is 1.95. The van der Waals surface area contributed by atoms with Crippen LogP contribution in [-0.4, -0.2) is 24.2 Å². The van der Waals surface area contributed by atoms with Gasteiger partial charge in [-0.2, -0.15) is 0 Å². The molecule has 5 heteroatoms. The molecule has 1 aromatic rings. The molecule has 3 N–H and O–H groups in total. The predicted molar refractivity (Wildman–Crippen MR) is 58.6 cm³/mol. The average molecular weight is 232 g/mol. The summed E-state index contributed by atoms with van der Waals surface area (Å²) in [4.78, 5) is 11.0. The third-order valence-corrected chi connectivity index (χ3v) is 1.95. The van der Waals surface area contributed by atoms with Crippen LogP contribution >= 0.6 is 12.4 Å². The Morgan fingerprint density at radius 1 is 1.40 bits per heavy atom. The van der Waals surface area contributed by atoms with E-state index in [1.54, 1.807) is 24.3 Å². The van der Waals surface area contributed by atoms with E-state index in [1.807, 2.05) is 6.07 Å². The summed E-state index contributed by atoms with van der Waals surface area (Å²) in [7, 11) is 1.24. The lowest BCUT2D eigenvalue weighted by atomic mass is 10.0. The lowest BCUT2D eigenvalue weighted by molar-refractivity contribution is -0.145. The van der Waals surface area contributed by atoms with E-state index >= 15 is 0 Å². The van der Waals surface area contributed by atoms with Crippen molar-refractivity contribution >= 4 is 18.4 Å². The zero-order valence-electron chi connectivity index (χ0n) is 8.29. The maximum absolute atomic E-state index is 11.0. The number of carbonyl (C=O) groups is 1. The van der Waals surface area contributed by atoms with Crippen LogP contribution in [-0.2, 0) is 9.53 Å². The first-order valence-electron chi connectivity index (χ1n) is 4.23. The zero-order valence-corrected chi connectivity index (χ0v) is 9.11. The van der Waals surface area contributed by atoms with Gasteiger partial charge in [0.1, 0.15) is 12.1 Å². The molecule has 0 bridgehead atoms. The molecule has 15 heavy (non-hydrogen) atoms. The fourth-order valence-electron chi connectivity index (χ4n) is 1.12. The molecule has 0 unspecified atom stereocenters. The maximum Gasteiger partial charge on any atom is 0.325 e. The standard InChI is InChI=1S/C10H13NO3.ClH/c1-14-10(13)8(11)9(12)7-5-3-2-4-6-7;/h2-6,8-9,12H,11H2,1H3;1H/t8-,9+;/m1./s1. The molecular formula is C10H14ClNO3. The number of ether oxygens (including phenoxy) is 1. The van der Waals surface area contributed by atoms with E-state index in [0.717, 1.165) is 0 Å². The molecule has 0 spiro atoms. The fourth-order valence-corrected chi connectivity index (χ4v) is 1.12. The van der Waals surface area contributed by atoms with E-state index in [-0.39, 0.29) is 12.4 Å². The number of benzene rings is 1. The minimum absolute atomic E-state index is 0. The van der Waals surface area contributed by atoms with Crippen LogP contribution in [0.15, 0.2) is 30.3 Å². The number of rotatable bonds is 3. The summed E-state index contributed by atoms with van der Waals surface area (Å²) in [5.41, 5.74) is 6.08. The van der Waals surface area contributed by atoms with E-state index in [4.69, 9.17) is 5.73 Å². The van der Waals surface area contributed by atoms with Crippen molar-refractivity contribution in [2.75, 3.05) is 7.11 Å². The molecular weight excluding hydrogens is 218 g/mol. The van der Waals surface area contributed by atoms with E-state index in [0.29, 0.717) is 5.56 Å². The average Bonchev–Trinajstić information content (AvgIpc) is 2.27. The van der Waals surface area contributed by atoms with Crippen LogP contribution in [0, 0.1) is 0 Å². The molecule has 0 saturated heterocycles. The molecule has 1 rings (SSSR count). The number of methoxy groups -OCH3 is 1. The highest BCUT2D eigenvalue weighted by Crippen LogP contribution is 2.15. The van der Waals surface area contributed by atoms with Crippen molar-refractivity contribution in [2.24, 2.45) is 5.73 Å². The minimum Gasteiger partial charge on any atom is -0.468 e. The lowest BCUT2D eigenvalue weighted by Crippen LogP contribution is -2.37. The number of hydrogen-bond donors (Lipinski definition) is 2. The summed E-state index contributed by atoms with van der Waals surface area (Å²) in [6.45, 7) is 0. The second kappa shape index (κ2) is 6.40. The summed E-state index contributed by atoms with van der Waals surface area (Å²) < 4.78 is 4.43. The molecule has 0 fully saturated rings. The number of esters is 1. The molecule has 2 atom stereocenters. The highest BCUT2D eigenvalue weighted by Gasteiger charge is 2.24. The van der Waals surface area contributed by atoms with E-state index in [1.165, 1.54) is 7.11 Å². The van der Waals surface area contributed by atoms with Gasteiger partial charge in [-0.1, -0.05) is 30.3 Å². The van der Waals surface area contributed by atoms with Crippen LogP contribution in [0.1, 0.15) is 11.7 Å². The minimum atomic E-state index is -1.04. The maximum atomic E-state index is 11.0. The largest absolute Gasteiger partial charge is 0.468 e. The zero-order chi connectivity index (χ0) is 10.6. The van der Waals surface area contributed by atoms with Crippen molar-refractivity contribution in [1.82, 2.24) is 0 Å². The quantitative estimate of drug-likeness (QED) is 0.749. The molecule has 0 aromatic heterocycles. The van der Waals surface area contributed by atoms with Crippen LogP contribution in [0.2, 0.25) is 0 Å². The van der Waals surface area contributed by atoms with E-state index < -0.39 is 18.1 Å². The van der Waals surface area contributed by atoms with Gasteiger partial charge in [0.2, 0.25) is 0 Å². The molecule has 84 valence electrons. The molecule has 0 aliphatic carbocycles. The number of aliphatic hydroxyl groups is 1. The first-order chi connectivity index (χ1) is 6.66. The predicted octanol–water partition coefficient (Wildman–Crippen LogP) is 0.642. The first-order valence-corrected chi connectivity index (χ1v) is 4.23. The summed E-state index contributed by atoms with van der Waals surface area (Å²) in [6.07, 6.45) is -1.02. The number of halogens is 1. The van der Waals surface area contributed by atoms with E-state index in [2.05, 4.69) is 4.74 Å². The SMILES string of the molecule is COC(=O)[C@H](N)[C@@H](O)c1ccccc1.Cl. The Labute approximate surface area is 94.5 Å². The number of nitrogens with two attached hydrogens (primary N) is 1. The number of aliphatic hydroxyl groups excluding tert-OH is 1. The second-order valence-electron chi connectivity index (χ2n) is 2.90. The number of carbonyl (C=O) groups excluding carboxylic acids is 1. The van der Waals surface area contributed by atoms with Crippen molar-refractivity contribution in [3.63, 3.8) is 0 Å². The van der Waals surface area contributed by atoms with Crippen LogP contribution < -0.4 is 5.73 Å². The van der Waals surface area contributed by atoms with Crippen molar-refractivity contribution in [1.29, 1.82) is 0 Å². The topological polar surface area (TPSA) is 72.5 Å². The second-order valence-corrected chi connectivity index (χ2v) is 2.90. The molecule has 0 saturated carbocycles. The molecule has 0 radical (unpaired) electrons. The summed E-state index contributed by atoms with van der Waals surface area (Å²) >= 11 is 0. The van der Waals surface area contributed by atoms with Gasteiger partial charge < -0.3 is 15.6 Å². The first kappa shape index (κ1) is 13.9. The van der Waals surface area contributed by atoms with Gasteiger partial charge in [0, 0.05) is 0 Å². The Kier molecular flexibility index (Phi) is 5.93. The molecule has 0 aliphatic heterocycles. The van der Waals surface area contributed by atoms with Crippen molar-refractivity contribution in [2.45, 2.75) is 12.1 Å². The van der Waals surface area contributed by atoms with Gasteiger partial charge in [-0.05, 0) is 5.56 Å². The Bertz CT molecular complexity index is 305. The molecule has 0 amide bonds. The molecule has 0 aliphatic rings. The smallest absolute Gasteiger partial charge is 0.325 e. The van der Waals surface area contributed by atoms with Gasteiger partial charge in [0.15, 0.2) is 0 Å². The van der Waals surface area contributed by atoms with Crippen LogP contribution in [0.4, 0.5) is 0 Å². The summed E-state index contributed by atoms with van der Waals surface area (Å²) in [6, 6.07) is 7.72. The Morgan fingerprint density at radius 3 is 2.40 bits per heavy atom. The van der Waals surface area contributed by atoms with Gasteiger partial charge in [0.05, 0.1) is 7.11 Å². The Morgan fingerprint density at radius 2 is 1.93 bits per heavy atom. The molecule has 1 aromatic carbocycles. The van der Waals surface area contributed by atoms with Gasteiger partial charge in [-0.3, -0.25) is 4.79 Å². The highest BCUT2D eigenvalue weighted by molar-refractivity contribution is 5.85. The van der Waals surface area contributed by atoms with Gasteiger partial charge in [-0.15, -0.1) is 12.4 Å². The van der Waals surface area contributed by atoms with E-state index in [9.17, 15) is 9.90 Å².